The van der Waals surface area contributed by atoms with E-state index in [1.807, 2.05) is 7.05 Å². The molecule has 0 bridgehead atoms. The molecule has 130 valence electrons. The molecule has 3 aromatic rings. The predicted octanol–water partition coefficient (Wildman–Crippen LogP) is 3.90. The van der Waals surface area contributed by atoms with E-state index >= 15 is 0 Å². The maximum Gasteiger partial charge on any atom is 0.242 e. The van der Waals surface area contributed by atoms with Crippen LogP contribution in [0.5, 0.6) is 0 Å². The summed E-state index contributed by atoms with van der Waals surface area (Å²) >= 11 is 9.25. The second-order valence-corrected chi connectivity index (χ2v) is 8.41. The highest BCUT2D eigenvalue weighted by molar-refractivity contribution is 9.10. The molecule has 0 aliphatic heterocycles. The molecule has 5 nitrogen and oxygen atoms in total. The van der Waals surface area contributed by atoms with Gasteiger partial charge in [-0.05, 0) is 45.8 Å². The number of nitrogens with zero attached hydrogens (tertiary/aromatic N) is 2. The van der Waals surface area contributed by atoms with Gasteiger partial charge in [0.05, 0.1) is 4.90 Å². The zero-order chi connectivity index (χ0) is 18.0. The van der Waals surface area contributed by atoms with Crippen LogP contribution in [0.3, 0.4) is 0 Å². The van der Waals surface area contributed by atoms with Gasteiger partial charge in [-0.3, -0.25) is 0 Å². The van der Waals surface area contributed by atoms with Gasteiger partial charge in [-0.1, -0.05) is 35.9 Å². The van der Waals surface area contributed by atoms with Crippen LogP contribution in [0.25, 0.3) is 0 Å². The van der Waals surface area contributed by atoms with Crippen molar-refractivity contribution in [1.29, 1.82) is 0 Å². The summed E-state index contributed by atoms with van der Waals surface area (Å²) in [5, 5.41) is 0.580. The van der Waals surface area contributed by atoms with E-state index in [1.165, 1.54) is 0 Å². The average molecular weight is 441 g/mol. The third kappa shape index (κ3) is 3.95. The number of hydrogen-bond acceptors (Lipinski definition) is 3. The lowest BCUT2D eigenvalue weighted by Crippen LogP contribution is -2.31. The number of hydrogen-bond donors (Lipinski definition) is 1. The zero-order valence-electron chi connectivity index (χ0n) is 13.2. The molecule has 1 unspecified atom stereocenters. The van der Waals surface area contributed by atoms with Crippen LogP contribution in [0.2, 0.25) is 5.02 Å². The van der Waals surface area contributed by atoms with E-state index in [0.29, 0.717) is 15.3 Å². The Morgan fingerprint density at radius 3 is 2.44 bits per heavy atom. The van der Waals surface area contributed by atoms with Crippen LogP contribution in [-0.4, -0.2) is 18.0 Å². The van der Waals surface area contributed by atoms with E-state index in [4.69, 9.17) is 11.6 Å². The fourth-order valence-corrected chi connectivity index (χ4v) is 4.77. The summed E-state index contributed by atoms with van der Waals surface area (Å²) in [5.74, 6) is 0.581. The van der Waals surface area contributed by atoms with Crippen molar-refractivity contribution in [3.05, 3.63) is 81.8 Å². The molecule has 2 aromatic carbocycles. The van der Waals surface area contributed by atoms with Crippen LogP contribution in [0.1, 0.15) is 17.4 Å². The van der Waals surface area contributed by atoms with Gasteiger partial charge in [0.15, 0.2) is 0 Å². The normalized spacial score (nSPS) is 12.9. The first-order chi connectivity index (χ1) is 11.9. The summed E-state index contributed by atoms with van der Waals surface area (Å²) in [6.45, 7) is 0. The van der Waals surface area contributed by atoms with E-state index in [-0.39, 0.29) is 4.90 Å². The first-order valence-electron chi connectivity index (χ1n) is 7.38. The van der Waals surface area contributed by atoms with E-state index in [1.54, 1.807) is 65.5 Å². The molecule has 0 saturated heterocycles. The Hall–Kier alpha value is -1.67. The van der Waals surface area contributed by atoms with Gasteiger partial charge in [-0.15, -0.1) is 0 Å². The molecule has 1 N–H and O–H groups in total. The summed E-state index contributed by atoms with van der Waals surface area (Å²) in [5.41, 5.74) is 0.745. The largest absolute Gasteiger partial charge is 0.336 e. The third-order valence-electron chi connectivity index (χ3n) is 3.72. The molecule has 0 spiro atoms. The van der Waals surface area contributed by atoms with Crippen LogP contribution in [0.4, 0.5) is 0 Å². The molecule has 0 aliphatic rings. The van der Waals surface area contributed by atoms with E-state index in [0.717, 1.165) is 5.56 Å². The molecule has 0 amide bonds. The Morgan fingerprint density at radius 1 is 1.16 bits per heavy atom. The topological polar surface area (TPSA) is 64.0 Å². The number of aryl methyl sites for hydroxylation is 1. The third-order valence-corrected chi connectivity index (χ3v) is 6.41. The van der Waals surface area contributed by atoms with Crippen molar-refractivity contribution in [3.8, 4) is 0 Å². The standard InChI is InChI=1S/C17H15BrClN3O2S/c1-22-11-10-20-17(22)16(12-6-8-13(19)9-7-12)21-25(23,24)15-5-3-2-4-14(15)18/h2-11,16,21H,1H3. The van der Waals surface area contributed by atoms with Crippen molar-refractivity contribution in [3.63, 3.8) is 0 Å². The highest BCUT2D eigenvalue weighted by atomic mass is 79.9. The summed E-state index contributed by atoms with van der Waals surface area (Å²) in [6.07, 6.45) is 3.40. The van der Waals surface area contributed by atoms with Crippen molar-refractivity contribution in [2.75, 3.05) is 0 Å². The molecule has 0 radical (unpaired) electrons. The van der Waals surface area contributed by atoms with Gasteiger partial charge in [0, 0.05) is 28.9 Å². The van der Waals surface area contributed by atoms with Crippen molar-refractivity contribution < 1.29 is 8.42 Å². The van der Waals surface area contributed by atoms with Gasteiger partial charge in [-0.25, -0.2) is 13.4 Å². The molecule has 0 fully saturated rings. The van der Waals surface area contributed by atoms with E-state index in [9.17, 15) is 8.42 Å². The second-order valence-electron chi connectivity index (χ2n) is 5.43. The molecule has 1 aromatic heterocycles. The number of rotatable bonds is 5. The molecule has 1 atom stereocenters. The SMILES string of the molecule is Cn1ccnc1C(NS(=O)(=O)c1ccccc1Br)c1ccc(Cl)cc1. The lowest BCUT2D eigenvalue weighted by molar-refractivity contribution is 0.562. The van der Waals surface area contributed by atoms with Crippen molar-refractivity contribution in [2.24, 2.45) is 7.05 Å². The van der Waals surface area contributed by atoms with E-state index < -0.39 is 16.1 Å². The van der Waals surface area contributed by atoms with Crippen molar-refractivity contribution >= 4 is 37.6 Å². The number of nitrogens with one attached hydrogen (secondary N) is 1. The smallest absolute Gasteiger partial charge is 0.242 e. The predicted molar refractivity (Wildman–Crippen MR) is 101 cm³/mol. The monoisotopic (exact) mass is 439 g/mol. The minimum absolute atomic E-state index is 0.170. The lowest BCUT2D eigenvalue weighted by Gasteiger charge is -2.19. The van der Waals surface area contributed by atoms with Crippen LogP contribution < -0.4 is 4.72 Å². The summed E-state index contributed by atoms with van der Waals surface area (Å²) in [6, 6.07) is 13.0. The lowest BCUT2D eigenvalue weighted by atomic mass is 10.1. The highest BCUT2D eigenvalue weighted by Crippen LogP contribution is 2.27. The van der Waals surface area contributed by atoms with Crippen molar-refractivity contribution in [2.45, 2.75) is 10.9 Å². The van der Waals surface area contributed by atoms with E-state index in [2.05, 4.69) is 25.6 Å². The quantitative estimate of drug-likeness (QED) is 0.654. The summed E-state index contributed by atoms with van der Waals surface area (Å²) in [4.78, 5) is 4.48. The minimum atomic E-state index is -3.77. The molecular formula is C17H15BrClN3O2S. The maximum atomic E-state index is 12.9. The Labute approximate surface area is 159 Å². The molecule has 0 aliphatic carbocycles. The molecule has 3 rings (SSSR count). The first-order valence-corrected chi connectivity index (χ1v) is 10.0. The Balaban J connectivity index is 2.05. The Morgan fingerprint density at radius 2 is 1.84 bits per heavy atom. The Bertz CT molecular complexity index is 987. The van der Waals surface area contributed by atoms with Crippen LogP contribution in [0.15, 0.2) is 70.3 Å². The molecule has 0 saturated carbocycles. The maximum absolute atomic E-state index is 12.9. The van der Waals surface area contributed by atoms with Gasteiger partial charge in [0.1, 0.15) is 11.9 Å². The number of sulfonamides is 1. The zero-order valence-corrected chi connectivity index (χ0v) is 16.4. The average Bonchev–Trinajstić information content (AvgIpc) is 3.00. The summed E-state index contributed by atoms with van der Waals surface area (Å²) < 4.78 is 30.8. The van der Waals surface area contributed by atoms with Gasteiger partial charge in [0.2, 0.25) is 10.0 Å². The number of benzene rings is 2. The first kappa shape index (κ1) is 18.1. The van der Waals surface area contributed by atoms with Crippen LogP contribution in [-0.2, 0) is 17.1 Å². The van der Waals surface area contributed by atoms with Gasteiger partial charge in [0.25, 0.3) is 0 Å². The summed E-state index contributed by atoms with van der Waals surface area (Å²) in [7, 11) is -1.96. The minimum Gasteiger partial charge on any atom is -0.336 e. The van der Waals surface area contributed by atoms with Gasteiger partial charge >= 0.3 is 0 Å². The molecule has 8 heteroatoms. The van der Waals surface area contributed by atoms with Crippen LogP contribution in [0, 0.1) is 0 Å². The van der Waals surface area contributed by atoms with Crippen LogP contribution >= 0.6 is 27.5 Å². The molecular weight excluding hydrogens is 426 g/mol. The second kappa shape index (κ2) is 7.29. The fraction of sp³-hybridized carbons (Fsp3) is 0.118. The van der Waals surface area contributed by atoms with Gasteiger partial charge < -0.3 is 4.57 Å². The number of halogens is 2. The molecule has 1 heterocycles. The number of imidazole rings is 1. The van der Waals surface area contributed by atoms with Crippen molar-refractivity contribution in [1.82, 2.24) is 14.3 Å². The highest BCUT2D eigenvalue weighted by Gasteiger charge is 2.26. The fourth-order valence-electron chi connectivity index (χ4n) is 2.46. The number of aromatic nitrogens is 2. The Kier molecular flexibility index (Phi) is 5.29. The van der Waals surface area contributed by atoms with Gasteiger partial charge in [-0.2, -0.15) is 4.72 Å². The molecule has 25 heavy (non-hydrogen) atoms.